The minimum absolute atomic E-state index is 0.148. The number of fused-ring (bicyclic) bond motifs is 3. The summed E-state index contributed by atoms with van der Waals surface area (Å²) in [6, 6.07) is 5.44. The van der Waals surface area contributed by atoms with Crippen LogP contribution in [-0.2, 0) is 19.9 Å². The first kappa shape index (κ1) is 16.9. The highest BCUT2D eigenvalue weighted by Crippen LogP contribution is 2.32. The van der Waals surface area contributed by atoms with Crippen LogP contribution in [0.4, 0.5) is 24.7 Å². The maximum Gasteiger partial charge on any atom is 0.161 e. The van der Waals surface area contributed by atoms with Crippen molar-refractivity contribution in [2.75, 3.05) is 12.4 Å². The van der Waals surface area contributed by atoms with Gasteiger partial charge in [-0.15, -0.1) is 0 Å². The maximum atomic E-state index is 13.9. The van der Waals surface area contributed by atoms with Crippen LogP contribution in [0.3, 0.4) is 0 Å². The molecule has 26 heavy (non-hydrogen) atoms. The SMILES string of the molecule is CNC1CCc2c(c3ccc(Nc4cc(F)c(F)cc4F)nc3n2C)C1. The molecule has 0 aliphatic heterocycles. The van der Waals surface area contributed by atoms with Crippen molar-refractivity contribution in [3.63, 3.8) is 0 Å². The summed E-state index contributed by atoms with van der Waals surface area (Å²) in [7, 11) is 3.94. The van der Waals surface area contributed by atoms with E-state index in [1.807, 2.05) is 20.2 Å². The first-order valence-corrected chi connectivity index (χ1v) is 8.54. The molecule has 1 atom stereocenters. The van der Waals surface area contributed by atoms with Gasteiger partial charge in [-0.05, 0) is 44.0 Å². The number of aryl methyl sites for hydroxylation is 1. The summed E-state index contributed by atoms with van der Waals surface area (Å²) in [5, 5.41) is 7.14. The minimum Gasteiger partial charge on any atom is -0.338 e. The van der Waals surface area contributed by atoms with Crippen molar-refractivity contribution in [3.8, 4) is 0 Å². The zero-order valence-electron chi connectivity index (χ0n) is 14.5. The summed E-state index contributed by atoms with van der Waals surface area (Å²) in [6.45, 7) is 0. The van der Waals surface area contributed by atoms with E-state index in [0.29, 0.717) is 17.9 Å². The predicted octanol–water partition coefficient (Wildman–Crippen LogP) is 3.81. The monoisotopic (exact) mass is 360 g/mol. The summed E-state index contributed by atoms with van der Waals surface area (Å²) in [5.41, 5.74) is 3.19. The van der Waals surface area contributed by atoms with Gasteiger partial charge in [0.1, 0.15) is 17.3 Å². The van der Waals surface area contributed by atoms with E-state index in [4.69, 9.17) is 0 Å². The number of halogens is 3. The molecule has 1 aliphatic carbocycles. The van der Waals surface area contributed by atoms with E-state index in [9.17, 15) is 13.2 Å². The van der Waals surface area contributed by atoms with Crippen LogP contribution >= 0.6 is 0 Å². The molecule has 0 radical (unpaired) electrons. The molecule has 2 N–H and O–H groups in total. The smallest absolute Gasteiger partial charge is 0.161 e. The number of hydrogen-bond acceptors (Lipinski definition) is 3. The van der Waals surface area contributed by atoms with Crippen molar-refractivity contribution in [2.24, 2.45) is 7.05 Å². The van der Waals surface area contributed by atoms with Gasteiger partial charge in [-0.2, -0.15) is 0 Å². The number of hydrogen-bond donors (Lipinski definition) is 2. The van der Waals surface area contributed by atoms with Crippen LogP contribution in [0.1, 0.15) is 17.7 Å². The van der Waals surface area contributed by atoms with Gasteiger partial charge in [0.25, 0.3) is 0 Å². The van der Waals surface area contributed by atoms with Crippen molar-refractivity contribution < 1.29 is 13.2 Å². The molecule has 1 aliphatic rings. The molecule has 4 rings (SSSR count). The molecule has 0 bridgehead atoms. The zero-order valence-corrected chi connectivity index (χ0v) is 14.5. The Morgan fingerprint density at radius 3 is 2.65 bits per heavy atom. The average molecular weight is 360 g/mol. The first-order chi connectivity index (χ1) is 12.5. The molecule has 2 aromatic heterocycles. The van der Waals surface area contributed by atoms with Crippen LogP contribution in [0.2, 0.25) is 0 Å². The number of benzene rings is 1. The minimum atomic E-state index is -1.22. The molecular formula is C19H19F3N4. The Morgan fingerprint density at radius 2 is 1.88 bits per heavy atom. The van der Waals surface area contributed by atoms with Gasteiger partial charge in [-0.3, -0.25) is 0 Å². The van der Waals surface area contributed by atoms with Gasteiger partial charge >= 0.3 is 0 Å². The third kappa shape index (κ3) is 2.72. The largest absolute Gasteiger partial charge is 0.338 e. The van der Waals surface area contributed by atoms with E-state index in [-0.39, 0.29) is 5.69 Å². The highest BCUT2D eigenvalue weighted by molar-refractivity contribution is 5.84. The van der Waals surface area contributed by atoms with Crippen LogP contribution in [0, 0.1) is 17.5 Å². The zero-order chi connectivity index (χ0) is 18.4. The highest BCUT2D eigenvalue weighted by Gasteiger charge is 2.24. The second-order valence-corrected chi connectivity index (χ2v) is 6.65. The van der Waals surface area contributed by atoms with Gasteiger partial charge in [0.05, 0.1) is 5.69 Å². The van der Waals surface area contributed by atoms with Crippen molar-refractivity contribution in [2.45, 2.75) is 25.3 Å². The molecule has 136 valence electrons. The molecule has 3 aromatic rings. The van der Waals surface area contributed by atoms with E-state index in [1.165, 1.54) is 11.3 Å². The first-order valence-electron chi connectivity index (χ1n) is 8.54. The fourth-order valence-corrected chi connectivity index (χ4v) is 3.70. The summed E-state index contributed by atoms with van der Waals surface area (Å²) >= 11 is 0. The third-order valence-corrected chi connectivity index (χ3v) is 5.13. The Hall–Kier alpha value is -2.54. The Balaban J connectivity index is 1.73. The normalized spacial score (nSPS) is 16.7. The van der Waals surface area contributed by atoms with Crippen molar-refractivity contribution in [1.29, 1.82) is 0 Å². The Kier molecular flexibility index (Phi) is 4.11. The lowest BCUT2D eigenvalue weighted by Crippen LogP contribution is -2.31. The number of nitrogens with one attached hydrogen (secondary N) is 2. The molecule has 0 saturated heterocycles. The van der Waals surface area contributed by atoms with Crippen molar-refractivity contribution in [3.05, 3.63) is 53.0 Å². The van der Waals surface area contributed by atoms with E-state index in [1.54, 1.807) is 6.07 Å². The maximum absolute atomic E-state index is 13.9. The lowest BCUT2D eigenvalue weighted by molar-refractivity contribution is 0.488. The quantitative estimate of drug-likeness (QED) is 0.698. The number of aromatic nitrogens is 2. The van der Waals surface area contributed by atoms with Gasteiger partial charge in [0.2, 0.25) is 0 Å². The molecule has 0 saturated carbocycles. The van der Waals surface area contributed by atoms with Crippen LogP contribution in [0.15, 0.2) is 24.3 Å². The fraction of sp³-hybridized carbons (Fsp3) is 0.316. The van der Waals surface area contributed by atoms with E-state index >= 15 is 0 Å². The lowest BCUT2D eigenvalue weighted by atomic mass is 9.92. The molecule has 7 heteroatoms. The Labute approximate surface area is 149 Å². The van der Waals surface area contributed by atoms with E-state index in [2.05, 4.69) is 20.2 Å². The van der Waals surface area contributed by atoms with Crippen LogP contribution in [0.5, 0.6) is 0 Å². The Morgan fingerprint density at radius 1 is 1.12 bits per heavy atom. The van der Waals surface area contributed by atoms with Crippen LogP contribution < -0.4 is 10.6 Å². The predicted molar refractivity (Wildman–Crippen MR) is 95.2 cm³/mol. The van der Waals surface area contributed by atoms with Crippen molar-refractivity contribution >= 4 is 22.5 Å². The molecule has 0 fully saturated rings. The highest BCUT2D eigenvalue weighted by atomic mass is 19.2. The van der Waals surface area contributed by atoms with Gasteiger partial charge < -0.3 is 15.2 Å². The molecule has 0 amide bonds. The summed E-state index contributed by atoms with van der Waals surface area (Å²) in [6.07, 6.45) is 2.97. The van der Waals surface area contributed by atoms with Gasteiger partial charge in [0.15, 0.2) is 11.6 Å². The van der Waals surface area contributed by atoms with Crippen molar-refractivity contribution in [1.82, 2.24) is 14.9 Å². The molecular weight excluding hydrogens is 341 g/mol. The molecule has 1 unspecified atom stereocenters. The van der Waals surface area contributed by atoms with Crippen LogP contribution in [0.25, 0.3) is 11.0 Å². The summed E-state index contributed by atoms with van der Waals surface area (Å²) in [4.78, 5) is 4.57. The topological polar surface area (TPSA) is 41.9 Å². The van der Waals surface area contributed by atoms with Gasteiger partial charge in [-0.25, -0.2) is 18.2 Å². The standard InChI is InChI=1S/C19H19F3N4/c1-23-10-3-5-17-12(7-10)11-4-6-18(25-19(11)26(17)2)24-16-9-14(21)13(20)8-15(16)22/h4,6,8-10,23H,3,5,7H2,1-2H3,(H,24,25). The molecule has 4 nitrogen and oxygen atoms in total. The summed E-state index contributed by atoms with van der Waals surface area (Å²) < 4.78 is 42.4. The lowest BCUT2D eigenvalue weighted by Gasteiger charge is -2.22. The average Bonchev–Trinajstić information content (AvgIpc) is 2.91. The summed E-state index contributed by atoms with van der Waals surface area (Å²) in [5.74, 6) is -2.81. The fourth-order valence-electron chi connectivity index (χ4n) is 3.70. The number of rotatable bonds is 3. The van der Waals surface area contributed by atoms with Gasteiger partial charge in [0, 0.05) is 36.3 Å². The number of likely N-dealkylation sites (N-methyl/N-ethyl adjacent to an activating group) is 1. The molecule has 2 heterocycles. The second kappa shape index (κ2) is 6.32. The number of nitrogens with zero attached hydrogens (tertiary/aromatic N) is 2. The second-order valence-electron chi connectivity index (χ2n) is 6.65. The number of anilines is 2. The van der Waals surface area contributed by atoms with Gasteiger partial charge in [-0.1, -0.05) is 0 Å². The van der Waals surface area contributed by atoms with E-state index < -0.39 is 17.5 Å². The molecule has 1 aromatic carbocycles. The third-order valence-electron chi connectivity index (χ3n) is 5.13. The van der Waals surface area contributed by atoms with E-state index in [0.717, 1.165) is 36.4 Å². The Bertz CT molecular complexity index is 996. The molecule has 0 spiro atoms. The number of pyridine rings is 1. The van der Waals surface area contributed by atoms with Crippen LogP contribution in [-0.4, -0.2) is 22.6 Å².